The van der Waals surface area contributed by atoms with Gasteiger partial charge < -0.3 is 0 Å². The largest absolute Gasteiger partial charge is 0.281 e. The lowest BCUT2D eigenvalue weighted by atomic mass is 10.4. The summed E-state index contributed by atoms with van der Waals surface area (Å²) >= 11 is 1.53. The molecule has 1 unspecified atom stereocenters. The maximum Gasteiger partial charge on any atom is 0.244 e. The molecular formula is C12H18N4O2S2. The lowest BCUT2D eigenvalue weighted by Crippen LogP contribution is -2.27. The first-order valence-corrected chi connectivity index (χ1v) is 8.63. The Kier molecular flexibility index (Phi) is 4.26. The smallest absolute Gasteiger partial charge is 0.244 e. The molecule has 0 amide bonds. The molecule has 6 nitrogen and oxygen atoms in total. The number of hydrogen-bond acceptors (Lipinski definition) is 5. The summed E-state index contributed by atoms with van der Waals surface area (Å²) in [5, 5.41) is 7.38. The molecule has 1 atom stereocenters. The molecular weight excluding hydrogens is 296 g/mol. The van der Waals surface area contributed by atoms with Gasteiger partial charge in [0.05, 0.1) is 17.4 Å². The molecule has 20 heavy (non-hydrogen) atoms. The summed E-state index contributed by atoms with van der Waals surface area (Å²) in [6.07, 6.45) is 2.69. The Bertz CT molecular complexity index is 683. The Morgan fingerprint density at radius 1 is 1.45 bits per heavy atom. The van der Waals surface area contributed by atoms with E-state index in [2.05, 4.69) is 19.9 Å². The van der Waals surface area contributed by atoms with Gasteiger partial charge in [0.2, 0.25) is 10.0 Å². The molecule has 2 aromatic rings. The first kappa shape index (κ1) is 15.1. The third kappa shape index (κ3) is 2.92. The summed E-state index contributed by atoms with van der Waals surface area (Å²) in [5.74, 6) is 0. The van der Waals surface area contributed by atoms with E-state index in [1.165, 1.54) is 11.3 Å². The third-order valence-electron chi connectivity index (χ3n) is 2.95. The van der Waals surface area contributed by atoms with Gasteiger partial charge in [-0.25, -0.2) is 18.1 Å². The molecule has 0 spiro atoms. The Hall–Kier alpha value is -1.25. The summed E-state index contributed by atoms with van der Waals surface area (Å²) in [6, 6.07) is -0.362. The molecule has 0 aliphatic heterocycles. The standard InChI is InChI=1S/C12H18N4O2S2/c1-5-10-6-13-12(19-10)9(4)16-20(17,18)11-7(2)14-15-8(11)3/h6,9,16H,5H2,1-4H3,(H,14,15). The quantitative estimate of drug-likeness (QED) is 0.884. The number of sulfonamides is 1. The van der Waals surface area contributed by atoms with Gasteiger partial charge in [0, 0.05) is 11.1 Å². The second kappa shape index (κ2) is 5.63. The number of thiazole rings is 1. The highest BCUT2D eigenvalue weighted by atomic mass is 32.2. The highest BCUT2D eigenvalue weighted by molar-refractivity contribution is 7.89. The lowest BCUT2D eigenvalue weighted by molar-refractivity contribution is 0.565. The van der Waals surface area contributed by atoms with Gasteiger partial charge in [-0.05, 0) is 27.2 Å². The van der Waals surface area contributed by atoms with Crippen LogP contribution in [-0.2, 0) is 16.4 Å². The van der Waals surface area contributed by atoms with Crippen LogP contribution in [0.2, 0.25) is 0 Å². The summed E-state index contributed by atoms with van der Waals surface area (Å²) in [6.45, 7) is 7.20. The van der Waals surface area contributed by atoms with Gasteiger partial charge in [-0.3, -0.25) is 5.10 Å². The topological polar surface area (TPSA) is 87.7 Å². The van der Waals surface area contributed by atoms with Crippen LogP contribution in [-0.4, -0.2) is 23.6 Å². The molecule has 0 aliphatic carbocycles. The van der Waals surface area contributed by atoms with Crippen molar-refractivity contribution in [1.82, 2.24) is 19.9 Å². The number of aromatic amines is 1. The predicted octanol–water partition coefficient (Wildman–Crippen LogP) is 2.08. The maximum absolute atomic E-state index is 12.4. The lowest BCUT2D eigenvalue weighted by Gasteiger charge is -2.12. The van der Waals surface area contributed by atoms with Crippen LogP contribution in [0.15, 0.2) is 11.1 Å². The molecule has 0 saturated carbocycles. The third-order valence-corrected chi connectivity index (χ3v) is 6.08. The number of nitrogens with zero attached hydrogens (tertiary/aromatic N) is 2. The van der Waals surface area contributed by atoms with Crippen LogP contribution < -0.4 is 4.72 Å². The first-order chi connectivity index (χ1) is 9.35. The minimum atomic E-state index is -3.60. The van der Waals surface area contributed by atoms with E-state index >= 15 is 0 Å². The highest BCUT2D eigenvalue weighted by Crippen LogP contribution is 2.23. The van der Waals surface area contributed by atoms with Crippen molar-refractivity contribution in [1.29, 1.82) is 0 Å². The molecule has 0 aromatic carbocycles. The van der Waals surface area contributed by atoms with Crippen molar-refractivity contribution < 1.29 is 8.42 Å². The SMILES string of the molecule is CCc1cnc(C(C)NS(=O)(=O)c2c(C)n[nH]c2C)s1. The Labute approximate surface area is 122 Å². The van der Waals surface area contributed by atoms with Crippen LogP contribution in [0.3, 0.4) is 0 Å². The summed E-state index contributed by atoms with van der Waals surface area (Å²) in [5.41, 5.74) is 1.01. The average Bonchev–Trinajstić information content (AvgIpc) is 2.95. The number of rotatable bonds is 5. The molecule has 0 fully saturated rings. The molecule has 2 aromatic heterocycles. The molecule has 0 aliphatic rings. The predicted molar refractivity (Wildman–Crippen MR) is 78.3 cm³/mol. The van der Waals surface area contributed by atoms with E-state index in [0.717, 1.165) is 16.3 Å². The minimum Gasteiger partial charge on any atom is -0.281 e. The van der Waals surface area contributed by atoms with Crippen molar-refractivity contribution >= 4 is 21.4 Å². The van der Waals surface area contributed by atoms with Gasteiger partial charge in [-0.2, -0.15) is 5.10 Å². The number of aryl methyl sites for hydroxylation is 3. The Morgan fingerprint density at radius 2 is 2.15 bits per heavy atom. The first-order valence-electron chi connectivity index (χ1n) is 6.33. The van der Waals surface area contributed by atoms with Crippen molar-refractivity contribution in [2.75, 3.05) is 0 Å². The van der Waals surface area contributed by atoms with Gasteiger partial charge in [0.15, 0.2) is 0 Å². The molecule has 2 rings (SSSR count). The van der Waals surface area contributed by atoms with Crippen molar-refractivity contribution in [3.8, 4) is 0 Å². The fourth-order valence-electron chi connectivity index (χ4n) is 1.96. The summed E-state index contributed by atoms with van der Waals surface area (Å²) < 4.78 is 27.5. The molecule has 0 saturated heterocycles. The van der Waals surface area contributed by atoms with Crippen LogP contribution >= 0.6 is 11.3 Å². The fraction of sp³-hybridized carbons (Fsp3) is 0.500. The number of nitrogens with one attached hydrogen (secondary N) is 2. The monoisotopic (exact) mass is 314 g/mol. The van der Waals surface area contributed by atoms with E-state index < -0.39 is 10.0 Å². The van der Waals surface area contributed by atoms with Gasteiger partial charge in [-0.1, -0.05) is 6.92 Å². The zero-order valence-corrected chi connectivity index (χ0v) is 13.5. The molecule has 8 heteroatoms. The van der Waals surface area contributed by atoms with E-state index in [1.54, 1.807) is 27.0 Å². The summed E-state index contributed by atoms with van der Waals surface area (Å²) in [4.78, 5) is 5.63. The number of aromatic nitrogens is 3. The maximum atomic E-state index is 12.4. The average molecular weight is 314 g/mol. The van der Waals surface area contributed by atoms with Crippen LogP contribution in [0.5, 0.6) is 0 Å². The van der Waals surface area contributed by atoms with E-state index in [-0.39, 0.29) is 10.9 Å². The van der Waals surface area contributed by atoms with Crippen molar-refractivity contribution in [2.24, 2.45) is 0 Å². The second-order valence-corrected chi connectivity index (χ2v) is 7.42. The van der Waals surface area contributed by atoms with Crippen molar-refractivity contribution in [2.45, 2.75) is 45.1 Å². The molecule has 2 heterocycles. The van der Waals surface area contributed by atoms with Gasteiger partial charge >= 0.3 is 0 Å². The van der Waals surface area contributed by atoms with E-state index in [9.17, 15) is 8.42 Å². The Balaban J connectivity index is 2.24. The van der Waals surface area contributed by atoms with Gasteiger partial charge in [0.1, 0.15) is 9.90 Å². The van der Waals surface area contributed by atoms with Crippen LogP contribution in [0, 0.1) is 13.8 Å². The molecule has 110 valence electrons. The van der Waals surface area contributed by atoms with E-state index in [1.807, 2.05) is 6.92 Å². The van der Waals surface area contributed by atoms with Crippen LogP contribution in [0.25, 0.3) is 0 Å². The second-order valence-electron chi connectivity index (χ2n) is 4.62. The van der Waals surface area contributed by atoms with E-state index in [0.29, 0.717) is 11.4 Å². The normalized spacial score (nSPS) is 13.6. The minimum absolute atomic E-state index is 0.219. The highest BCUT2D eigenvalue weighted by Gasteiger charge is 2.25. The van der Waals surface area contributed by atoms with E-state index in [4.69, 9.17) is 0 Å². The molecule has 0 radical (unpaired) electrons. The zero-order valence-electron chi connectivity index (χ0n) is 11.9. The van der Waals surface area contributed by atoms with Crippen LogP contribution in [0.4, 0.5) is 0 Å². The van der Waals surface area contributed by atoms with Crippen molar-refractivity contribution in [3.05, 3.63) is 27.5 Å². The number of hydrogen-bond donors (Lipinski definition) is 2. The zero-order chi connectivity index (χ0) is 14.9. The molecule has 2 N–H and O–H groups in total. The number of H-pyrrole nitrogens is 1. The Morgan fingerprint density at radius 3 is 2.65 bits per heavy atom. The summed E-state index contributed by atoms with van der Waals surface area (Å²) in [7, 11) is -3.60. The fourth-order valence-corrected chi connectivity index (χ4v) is 4.48. The molecule has 0 bridgehead atoms. The van der Waals surface area contributed by atoms with Gasteiger partial charge in [0.25, 0.3) is 0 Å². The van der Waals surface area contributed by atoms with Crippen LogP contribution in [0.1, 0.15) is 41.2 Å². The van der Waals surface area contributed by atoms with Crippen molar-refractivity contribution in [3.63, 3.8) is 0 Å². The van der Waals surface area contributed by atoms with Gasteiger partial charge in [-0.15, -0.1) is 11.3 Å².